The molecule has 3 atom stereocenters. The topological polar surface area (TPSA) is 74.9 Å². The van der Waals surface area contributed by atoms with E-state index in [0.29, 0.717) is 0 Å². The minimum Gasteiger partial charge on any atom is -0.448 e. The highest BCUT2D eigenvalue weighted by Crippen LogP contribution is 2.24. The van der Waals surface area contributed by atoms with Gasteiger partial charge >= 0.3 is 0 Å². The highest BCUT2D eigenvalue weighted by Gasteiger charge is 2.31. The van der Waals surface area contributed by atoms with Crippen LogP contribution in [-0.4, -0.2) is 39.5 Å². The monoisotopic (exact) mass is 308 g/mol. The van der Waals surface area contributed by atoms with E-state index in [1.165, 1.54) is 6.92 Å². The molecule has 0 aliphatic carbocycles. The zero-order valence-electron chi connectivity index (χ0n) is 10.9. The van der Waals surface area contributed by atoms with Crippen molar-refractivity contribution in [3.05, 3.63) is 29.1 Å². The molecule has 0 fully saturated rings. The van der Waals surface area contributed by atoms with Gasteiger partial charge in [-0.1, -0.05) is 0 Å². The smallest absolute Gasteiger partial charge is 0.252 e. The van der Waals surface area contributed by atoms with Crippen molar-refractivity contribution in [3.8, 4) is 0 Å². The molecule has 2 rings (SSSR count). The van der Waals surface area contributed by atoms with Crippen molar-refractivity contribution < 1.29 is 32.5 Å². The number of aromatic nitrogens is 1. The van der Waals surface area contributed by atoms with Gasteiger partial charge in [0.25, 0.3) is 11.9 Å². The normalized spacial score (nSPS) is 23.5. The summed E-state index contributed by atoms with van der Waals surface area (Å²) >= 11 is 0. The summed E-state index contributed by atoms with van der Waals surface area (Å²) in [5, 5.41) is 18.8. The summed E-state index contributed by atoms with van der Waals surface area (Å²) in [5.41, 5.74) is -1.17. The molecule has 0 bridgehead atoms. The minimum atomic E-state index is -1.85. The van der Waals surface area contributed by atoms with Gasteiger partial charge in [-0.05, 0) is 13.3 Å². The van der Waals surface area contributed by atoms with E-state index in [1.807, 2.05) is 0 Å². The second kappa shape index (κ2) is 5.94. The second-order valence-corrected chi connectivity index (χ2v) is 4.68. The van der Waals surface area contributed by atoms with E-state index < -0.39 is 53.4 Å². The molecule has 5 nitrogen and oxygen atoms in total. The van der Waals surface area contributed by atoms with E-state index in [-0.39, 0.29) is 12.8 Å². The van der Waals surface area contributed by atoms with Crippen LogP contribution in [0.25, 0.3) is 0 Å². The van der Waals surface area contributed by atoms with Crippen LogP contribution < -0.4 is 0 Å². The molecule has 0 spiro atoms. The Morgan fingerprint density at radius 1 is 1.24 bits per heavy atom. The number of nitrogens with zero attached hydrogens (tertiary/aromatic N) is 2. The third-order valence-corrected chi connectivity index (χ3v) is 2.85. The molecule has 1 aliphatic rings. The Hall–Kier alpha value is -1.74. The van der Waals surface area contributed by atoms with Crippen LogP contribution in [0.5, 0.6) is 0 Å². The lowest BCUT2D eigenvalue weighted by Gasteiger charge is -2.26. The van der Waals surface area contributed by atoms with Crippen molar-refractivity contribution in [1.82, 2.24) is 4.98 Å². The van der Waals surface area contributed by atoms with Gasteiger partial charge in [-0.3, -0.25) is 0 Å². The molecule has 0 amide bonds. The fourth-order valence-electron chi connectivity index (χ4n) is 2.00. The maximum Gasteiger partial charge on any atom is 0.252 e. The zero-order chi connectivity index (χ0) is 15.7. The summed E-state index contributed by atoms with van der Waals surface area (Å²) < 4.78 is 58.1. The van der Waals surface area contributed by atoms with Gasteiger partial charge in [-0.25, -0.2) is 13.8 Å². The van der Waals surface area contributed by atoms with Crippen LogP contribution in [0.15, 0.2) is 4.99 Å². The van der Waals surface area contributed by atoms with Crippen molar-refractivity contribution in [3.63, 3.8) is 0 Å². The standard InChI is InChI=1S/C12H12F4N2O3/c1-4(19)2-5-3-6(20)21-12(17-5)7-8(13)10(15)18-11(16)9(7)14/h4-6,19-20H,2-3H2,1H3. The lowest BCUT2D eigenvalue weighted by molar-refractivity contribution is -0.0492. The van der Waals surface area contributed by atoms with E-state index in [1.54, 1.807) is 0 Å². The van der Waals surface area contributed by atoms with Gasteiger partial charge < -0.3 is 14.9 Å². The average molecular weight is 308 g/mol. The van der Waals surface area contributed by atoms with E-state index in [0.717, 1.165) is 0 Å². The lowest BCUT2D eigenvalue weighted by Crippen LogP contribution is -2.33. The zero-order valence-corrected chi connectivity index (χ0v) is 10.9. The summed E-state index contributed by atoms with van der Waals surface area (Å²) in [6.45, 7) is 1.46. The molecule has 2 heterocycles. The molecule has 0 radical (unpaired) electrons. The average Bonchev–Trinajstić information content (AvgIpc) is 2.35. The molecule has 1 aromatic rings. The molecule has 0 saturated carbocycles. The maximum absolute atomic E-state index is 13.6. The Balaban J connectivity index is 2.47. The Kier molecular flexibility index (Phi) is 4.43. The first-order chi connectivity index (χ1) is 9.79. The number of ether oxygens (including phenoxy) is 1. The number of hydrogen-bond acceptors (Lipinski definition) is 5. The number of aliphatic hydroxyl groups excluding tert-OH is 2. The van der Waals surface area contributed by atoms with E-state index in [9.17, 15) is 27.8 Å². The van der Waals surface area contributed by atoms with Crippen molar-refractivity contribution in [2.45, 2.75) is 38.2 Å². The largest absolute Gasteiger partial charge is 0.448 e. The number of halogens is 4. The summed E-state index contributed by atoms with van der Waals surface area (Å²) in [6, 6.07) is -0.707. The predicted octanol–water partition coefficient (Wildman–Crippen LogP) is 1.26. The molecule has 0 saturated heterocycles. The first-order valence-corrected chi connectivity index (χ1v) is 6.10. The first kappa shape index (κ1) is 15.6. The Morgan fingerprint density at radius 3 is 2.33 bits per heavy atom. The molecule has 0 aromatic carbocycles. The molecular formula is C12H12F4N2O3. The second-order valence-electron chi connectivity index (χ2n) is 4.68. The Labute approximate surface area is 116 Å². The minimum absolute atomic E-state index is 0.0202. The number of aliphatic imine (C=N–C) groups is 1. The van der Waals surface area contributed by atoms with E-state index >= 15 is 0 Å². The molecule has 116 valence electrons. The van der Waals surface area contributed by atoms with Crippen molar-refractivity contribution in [1.29, 1.82) is 0 Å². The fraction of sp³-hybridized carbons (Fsp3) is 0.500. The molecule has 1 aliphatic heterocycles. The molecular weight excluding hydrogens is 296 g/mol. The van der Waals surface area contributed by atoms with Gasteiger partial charge in [0.05, 0.1) is 12.1 Å². The molecule has 3 unspecified atom stereocenters. The highest BCUT2D eigenvalue weighted by atomic mass is 19.2. The number of rotatable bonds is 3. The lowest BCUT2D eigenvalue weighted by atomic mass is 10.1. The maximum atomic E-state index is 13.6. The number of hydrogen-bond donors (Lipinski definition) is 2. The van der Waals surface area contributed by atoms with Gasteiger partial charge in [0.2, 0.25) is 12.2 Å². The number of aliphatic hydroxyl groups is 2. The van der Waals surface area contributed by atoms with Gasteiger partial charge in [0.1, 0.15) is 5.56 Å². The van der Waals surface area contributed by atoms with Crippen LogP contribution in [0.2, 0.25) is 0 Å². The molecule has 9 heteroatoms. The third-order valence-electron chi connectivity index (χ3n) is 2.85. The van der Waals surface area contributed by atoms with Gasteiger partial charge in [0.15, 0.2) is 11.6 Å². The van der Waals surface area contributed by atoms with Crippen LogP contribution in [-0.2, 0) is 4.74 Å². The predicted molar refractivity (Wildman–Crippen MR) is 62.4 cm³/mol. The first-order valence-electron chi connectivity index (χ1n) is 6.10. The van der Waals surface area contributed by atoms with Gasteiger partial charge in [0, 0.05) is 6.42 Å². The third kappa shape index (κ3) is 3.30. The summed E-state index contributed by atoms with van der Waals surface area (Å²) in [7, 11) is 0. The van der Waals surface area contributed by atoms with Crippen LogP contribution >= 0.6 is 0 Å². The molecule has 2 N–H and O–H groups in total. The molecule has 1 aromatic heterocycles. The van der Waals surface area contributed by atoms with E-state index in [4.69, 9.17) is 4.74 Å². The number of pyridine rings is 1. The van der Waals surface area contributed by atoms with Crippen LogP contribution in [0, 0.1) is 23.5 Å². The Bertz CT molecular complexity index is 554. The van der Waals surface area contributed by atoms with Gasteiger partial charge in [-0.2, -0.15) is 13.8 Å². The van der Waals surface area contributed by atoms with Crippen molar-refractivity contribution in [2.75, 3.05) is 0 Å². The van der Waals surface area contributed by atoms with E-state index in [2.05, 4.69) is 9.98 Å². The summed E-state index contributed by atoms with van der Waals surface area (Å²) in [4.78, 5) is 6.20. The van der Waals surface area contributed by atoms with Crippen molar-refractivity contribution >= 4 is 5.90 Å². The van der Waals surface area contributed by atoms with Crippen molar-refractivity contribution in [2.24, 2.45) is 4.99 Å². The SMILES string of the molecule is CC(O)CC1CC(O)OC(c2c(F)c(F)nc(F)c2F)=N1. The highest BCUT2D eigenvalue weighted by molar-refractivity contribution is 5.95. The van der Waals surface area contributed by atoms with Crippen LogP contribution in [0.1, 0.15) is 25.3 Å². The van der Waals surface area contributed by atoms with Crippen LogP contribution in [0.3, 0.4) is 0 Å². The summed E-state index contributed by atoms with van der Waals surface area (Å²) in [5.74, 6) is -7.99. The summed E-state index contributed by atoms with van der Waals surface area (Å²) in [6.07, 6.45) is -2.18. The fourth-order valence-corrected chi connectivity index (χ4v) is 2.00. The quantitative estimate of drug-likeness (QED) is 0.651. The molecule has 21 heavy (non-hydrogen) atoms. The van der Waals surface area contributed by atoms with Gasteiger partial charge in [-0.15, -0.1) is 0 Å². The van der Waals surface area contributed by atoms with Crippen LogP contribution in [0.4, 0.5) is 17.6 Å². The Morgan fingerprint density at radius 2 is 1.81 bits per heavy atom.